The second-order valence-corrected chi connectivity index (χ2v) is 7.93. The number of likely N-dealkylation sites (tertiary alicyclic amines) is 1. The molecule has 2 heterocycles. The van der Waals surface area contributed by atoms with Crippen LogP contribution in [0.1, 0.15) is 17.7 Å². The van der Waals surface area contributed by atoms with Crippen molar-refractivity contribution in [1.82, 2.24) is 9.21 Å². The van der Waals surface area contributed by atoms with Crippen molar-refractivity contribution in [3.8, 4) is 6.07 Å². The molecule has 1 aromatic rings. The SMILES string of the molecule is CN(CC(=O)N1CCCC1)S(=O)(=O)c1ccc(C#N)s1. The molecular weight excluding hydrogens is 298 g/mol. The van der Waals surface area contributed by atoms with Crippen LogP contribution >= 0.6 is 11.3 Å². The van der Waals surface area contributed by atoms with Gasteiger partial charge in [-0.15, -0.1) is 11.3 Å². The first-order valence-electron chi connectivity index (χ1n) is 6.19. The fraction of sp³-hybridized carbons (Fsp3) is 0.500. The van der Waals surface area contributed by atoms with Crippen LogP contribution in [-0.2, 0) is 14.8 Å². The van der Waals surface area contributed by atoms with E-state index in [-0.39, 0.29) is 16.7 Å². The first kappa shape index (κ1) is 15.0. The Morgan fingerprint density at radius 1 is 1.45 bits per heavy atom. The molecule has 0 atom stereocenters. The van der Waals surface area contributed by atoms with Crippen LogP contribution in [0.2, 0.25) is 0 Å². The molecule has 6 nitrogen and oxygen atoms in total. The number of thiophene rings is 1. The summed E-state index contributed by atoms with van der Waals surface area (Å²) in [5.41, 5.74) is 0. The molecule has 1 saturated heterocycles. The molecule has 0 aromatic carbocycles. The minimum Gasteiger partial charge on any atom is -0.342 e. The molecule has 108 valence electrons. The smallest absolute Gasteiger partial charge is 0.252 e. The van der Waals surface area contributed by atoms with Crippen LogP contribution in [0.15, 0.2) is 16.3 Å². The molecule has 0 unspecified atom stereocenters. The Morgan fingerprint density at radius 3 is 2.65 bits per heavy atom. The van der Waals surface area contributed by atoms with Gasteiger partial charge in [0.25, 0.3) is 10.0 Å². The van der Waals surface area contributed by atoms with E-state index in [1.54, 1.807) is 4.90 Å². The first-order chi connectivity index (χ1) is 9.45. The van der Waals surface area contributed by atoms with E-state index < -0.39 is 10.0 Å². The van der Waals surface area contributed by atoms with Gasteiger partial charge in [0.05, 0.1) is 6.54 Å². The Balaban J connectivity index is 2.09. The standard InChI is InChI=1S/C12H15N3O3S2/c1-14(9-11(16)15-6-2-3-7-15)20(17,18)12-5-4-10(8-13)19-12/h4-5H,2-3,6-7,9H2,1H3. The summed E-state index contributed by atoms with van der Waals surface area (Å²) >= 11 is 0.912. The zero-order valence-corrected chi connectivity index (χ0v) is 12.7. The Bertz CT molecular complexity index is 639. The molecule has 0 bridgehead atoms. The van der Waals surface area contributed by atoms with E-state index in [2.05, 4.69) is 0 Å². The lowest BCUT2D eigenvalue weighted by atomic mass is 10.4. The molecular formula is C12H15N3O3S2. The van der Waals surface area contributed by atoms with E-state index in [0.29, 0.717) is 18.0 Å². The van der Waals surface area contributed by atoms with E-state index in [9.17, 15) is 13.2 Å². The number of nitriles is 1. The molecule has 0 N–H and O–H groups in total. The fourth-order valence-electron chi connectivity index (χ4n) is 2.01. The average molecular weight is 313 g/mol. The number of amides is 1. The van der Waals surface area contributed by atoms with Gasteiger partial charge in [-0.25, -0.2) is 8.42 Å². The first-order valence-corrected chi connectivity index (χ1v) is 8.45. The third-order valence-electron chi connectivity index (χ3n) is 3.17. The van der Waals surface area contributed by atoms with Crippen molar-refractivity contribution >= 4 is 27.3 Å². The highest BCUT2D eigenvalue weighted by atomic mass is 32.2. The van der Waals surface area contributed by atoms with Gasteiger partial charge < -0.3 is 4.90 Å². The van der Waals surface area contributed by atoms with Gasteiger partial charge in [0.2, 0.25) is 5.91 Å². The van der Waals surface area contributed by atoms with Gasteiger partial charge >= 0.3 is 0 Å². The van der Waals surface area contributed by atoms with Crippen LogP contribution < -0.4 is 0 Å². The molecule has 1 fully saturated rings. The summed E-state index contributed by atoms with van der Waals surface area (Å²) in [5, 5.41) is 8.74. The summed E-state index contributed by atoms with van der Waals surface area (Å²) in [6.45, 7) is 1.23. The minimum atomic E-state index is -3.70. The fourth-order valence-corrected chi connectivity index (χ4v) is 4.45. The summed E-state index contributed by atoms with van der Waals surface area (Å²) in [6, 6.07) is 4.77. The Hall–Kier alpha value is -1.43. The van der Waals surface area contributed by atoms with Gasteiger partial charge in [0.1, 0.15) is 15.2 Å². The van der Waals surface area contributed by atoms with Gasteiger partial charge in [0.15, 0.2) is 0 Å². The van der Waals surface area contributed by atoms with Crippen LogP contribution in [0.5, 0.6) is 0 Å². The number of likely N-dealkylation sites (N-methyl/N-ethyl adjacent to an activating group) is 1. The van der Waals surface area contributed by atoms with E-state index in [1.807, 2.05) is 6.07 Å². The van der Waals surface area contributed by atoms with Crippen molar-refractivity contribution in [1.29, 1.82) is 5.26 Å². The Labute approximate surface area is 122 Å². The topological polar surface area (TPSA) is 81.5 Å². The molecule has 1 aromatic heterocycles. The van der Waals surface area contributed by atoms with Crippen molar-refractivity contribution in [2.24, 2.45) is 0 Å². The molecule has 8 heteroatoms. The lowest BCUT2D eigenvalue weighted by Crippen LogP contribution is -2.39. The largest absolute Gasteiger partial charge is 0.342 e. The Kier molecular flexibility index (Phi) is 4.42. The molecule has 1 amide bonds. The predicted molar refractivity (Wildman–Crippen MR) is 74.7 cm³/mol. The zero-order chi connectivity index (χ0) is 14.8. The Morgan fingerprint density at radius 2 is 2.10 bits per heavy atom. The maximum Gasteiger partial charge on any atom is 0.252 e. The van der Waals surface area contributed by atoms with Crippen molar-refractivity contribution in [3.05, 3.63) is 17.0 Å². The van der Waals surface area contributed by atoms with Crippen LogP contribution in [0.3, 0.4) is 0 Å². The van der Waals surface area contributed by atoms with E-state index in [1.165, 1.54) is 19.2 Å². The summed E-state index contributed by atoms with van der Waals surface area (Å²) in [6.07, 6.45) is 1.94. The number of hydrogen-bond donors (Lipinski definition) is 0. The predicted octanol–water partition coefficient (Wildman–Crippen LogP) is 0.863. The highest BCUT2D eigenvalue weighted by Crippen LogP contribution is 2.23. The van der Waals surface area contributed by atoms with Gasteiger partial charge in [-0.05, 0) is 25.0 Å². The molecule has 0 radical (unpaired) electrons. The monoisotopic (exact) mass is 313 g/mol. The van der Waals surface area contributed by atoms with Gasteiger partial charge in [-0.3, -0.25) is 4.79 Å². The highest BCUT2D eigenvalue weighted by molar-refractivity contribution is 7.91. The van der Waals surface area contributed by atoms with E-state index >= 15 is 0 Å². The number of rotatable bonds is 4. The maximum atomic E-state index is 12.3. The molecule has 20 heavy (non-hydrogen) atoms. The number of hydrogen-bond acceptors (Lipinski definition) is 5. The number of nitrogens with zero attached hydrogens (tertiary/aromatic N) is 3. The summed E-state index contributed by atoms with van der Waals surface area (Å²) in [4.78, 5) is 14.0. The van der Waals surface area contributed by atoms with Gasteiger partial charge in [-0.2, -0.15) is 9.57 Å². The lowest BCUT2D eigenvalue weighted by Gasteiger charge is -2.20. The van der Waals surface area contributed by atoms with Crippen LogP contribution in [0.25, 0.3) is 0 Å². The van der Waals surface area contributed by atoms with Crippen LogP contribution in [0, 0.1) is 11.3 Å². The summed E-state index contributed by atoms with van der Waals surface area (Å²) < 4.78 is 25.7. The second kappa shape index (κ2) is 5.91. The van der Waals surface area contributed by atoms with Crippen molar-refractivity contribution < 1.29 is 13.2 Å². The van der Waals surface area contributed by atoms with Crippen LogP contribution in [0.4, 0.5) is 0 Å². The molecule has 1 aliphatic rings. The molecule has 1 aliphatic heterocycles. The summed E-state index contributed by atoms with van der Waals surface area (Å²) in [5.74, 6) is -0.175. The van der Waals surface area contributed by atoms with Crippen molar-refractivity contribution in [2.75, 3.05) is 26.7 Å². The minimum absolute atomic E-state index is 0.0887. The van der Waals surface area contributed by atoms with Crippen molar-refractivity contribution in [3.63, 3.8) is 0 Å². The third kappa shape index (κ3) is 3.00. The highest BCUT2D eigenvalue weighted by Gasteiger charge is 2.27. The third-order valence-corrected chi connectivity index (χ3v) is 6.43. The number of carbonyl (C=O) groups is 1. The van der Waals surface area contributed by atoms with Gasteiger partial charge in [0, 0.05) is 20.1 Å². The molecule has 0 aliphatic carbocycles. The van der Waals surface area contributed by atoms with E-state index in [4.69, 9.17) is 5.26 Å². The van der Waals surface area contributed by atoms with Crippen molar-refractivity contribution in [2.45, 2.75) is 17.1 Å². The normalized spacial score (nSPS) is 15.6. The quantitative estimate of drug-likeness (QED) is 0.825. The van der Waals surface area contributed by atoms with Gasteiger partial charge in [-0.1, -0.05) is 0 Å². The maximum absolute atomic E-state index is 12.3. The van der Waals surface area contributed by atoms with E-state index in [0.717, 1.165) is 28.5 Å². The number of carbonyl (C=O) groups excluding carboxylic acids is 1. The number of sulfonamides is 1. The zero-order valence-electron chi connectivity index (χ0n) is 11.1. The molecule has 2 rings (SSSR count). The molecule has 0 spiro atoms. The lowest BCUT2D eigenvalue weighted by molar-refractivity contribution is -0.130. The summed E-state index contributed by atoms with van der Waals surface area (Å²) in [7, 11) is -2.32. The van der Waals surface area contributed by atoms with Crippen LogP contribution in [-0.4, -0.2) is 50.2 Å². The second-order valence-electron chi connectivity index (χ2n) is 4.58. The average Bonchev–Trinajstić information content (AvgIpc) is 3.09. The molecule has 0 saturated carbocycles.